The Labute approximate surface area is 318 Å². The van der Waals surface area contributed by atoms with Crippen molar-refractivity contribution in [2.45, 2.75) is 100 Å². The molecule has 1 aromatic heterocycles. The maximum absolute atomic E-state index is 14.4. The van der Waals surface area contributed by atoms with Crippen LogP contribution in [0.15, 0.2) is 36.4 Å². The number of methoxy groups -OCH3 is 2. The van der Waals surface area contributed by atoms with Crippen molar-refractivity contribution in [2.24, 2.45) is 5.92 Å². The second kappa shape index (κ2) is 16.6. The third-order valence-corrected chi connectivity index (χ3v) is 10.1. The first-order valence-corrected chi connectivity index (χ1v) is 17.3. The molecule has 15 heteroatoms. The number of nitrogens with zero attached hydrogens (tertiary/aromatic N) is 2. The van der Waals surface area contributed by atoms with E-state index < -0.39 is 53.6 Å². The van der Waals surface area contributed by atoms with E-state index in [4.69, 9.17) is 18.9 Å². The van der Waals surface area contributed by atoms with E-state index in [0.717, 1.165) is 44.9 Å². The Kier molecular flexibility index (Phi) is 12.5. The number of rotatable bonds is 7. The number of carbonyl (C=O) groups excluding carboxylic acids is 5. The van der Waals surface area contributed by atoms with Gasteiger partial charge in [-0.05, 0) is 63.5 Å². The Bertz CT molecular complexity index is 1680. The molecule has 0 spiro atoms. The predicted octanol–water partition coefficient (Wildman–Crippen LogP) is -0.435. The van der Waals surface area contributed by atoms with Crippen LogP contribution >= 0.6 is 0 Å². The number of nitrogens with one attached hydrogen (secondary N) is 2. The number of allylic oxidation sites excluding steroid dienone is 1. The predicted molar refractivity (Wildman–Crippen MR) is 176 cm³/mol. The Morgan fingerprint density at radius 2 is 1.78 bits per heavy atom. The number of hydrogen-bond acceptors (Lipinski definition) is 11. The van der Waals surface area contributed by atoms with Gasteiger partial charge in [0.25, 0.3) is 0 Å². The van der Waals surface area contributed by atoms with Crippen LogP contribution in [0.25, 0.3) is 10.9 Å². The molecule has 14 nitrogen and oxygen atoms in total. The maximum atomic E-state index is 14.4. The first-order valence-electron chi connectivity index (χ1n) is 17.3. The summed E-state index contributed by atoms with van der Waals surface area (Å²) in [5.41, 5.74) is -1.33. The van der Waals surface area contributed by atoms with E-state index >= 15 is 0 Å². The number of benzene rings is 1. The smallest absolute Gasteiger partial charge is 0.543 e. The number of esters is 1. The molecule has 1 saturated heterocycles. The summed E-state index contributed by atoms with van der Waals surface area (Å²) >= 11 is 0. The molecule has 3 heterocycles. The molecule has 2 aliphatic heterocycles. The van der Waals surface area contributed by atoms with E-state index in [1.807, 2.05) is 12.2 Å². The molecular weight excluding hydrogens is 671 g/mol. The van der Waals surface area contributed by atoms with Gasteiger partial charge in [-0.1, -0.05) is 25.0 Å². The van der Waals surface area contributed by atoms with Crippen molar-refractivity contribution < 1.29 is 77.6 Å². The topological polar surface area (TPSA) is 186 Å². The van der Waals surface area contributed by atoms with Crippen LogP contribution in [0.5, 0.6) is 11.5 Å². The van der Waals surface area contributed by atoms with Crippen molar-refractivity contribution >= 4 is 40.7 Å². The number of amides is 3. The SMILES string of the molecule is COC(=O)[C@@]12C[C@@H]1/C=C\CCCCC[C@H](NC(=O)OC1CCCC1)C(=O)N1C[C@H](Oc3cc(C(=O)[O-])nc4cc(OC)ccc34)C[C@H]1C(=O)N2.[Na+]. The van der Waals surface area contributed by atoms with E-state index in [-0.39, 0.29) is 66.0 Å². The second-order valence-electron chi connectivity index (χ2n) is 13.5. The van der Waals surface area contributed by atoms with Crippen molar-refractivity contribution in [3.8, 4) is 11.5 Å². The zero-order valence-corrected chi connectivity index (χ0v) is 31.3. The van der Waals surface area contributed by atoms with Gasteiger partial charge in [0, 0.05) is 29.9 Å². The Morgan fingerprint density at radius 1 is 1.02 bits per heavy atom. The summed E-state index contributed by atoms with van der Waals surface area (Å²) in [6.45, 7) is -0.0536. The van der Waals surface area contributed by atoms with Gasteiger partial charge in [0.2, 0.25) is 11.8 Å². The Hall–Kier alpha value is -3.88. The van der Waals surface area contributed by atoms with Gasteiger partial charge in [-0.3, -0.25) is 9.59 Å². The molecule has 1 aromatic carbocycles. The standard InChI is InChI=1S/C36H44N4O10.Na/c1-47-23-14-15-25-27(16-23)37-28(33(43)44)18-30(25)49-24-17-29-31(41)39-36(34(45)48-2)19-21(36)10-6-4-3-5-7-13-26(32(42)40(29)20-24)38-35(46)50-22-11-8-9-12-22;/h6,10,14-16,18,21-22,24,26,29H,3-5,7-9,11-13,17,19-20H2,1-2H3,(H,38,46)(H,39,41)(H,43,44);/q;+1/p-1/b10-6-;/t21-,24+,26-,29-,36+;/m0./s1. The average Bonchev–Trinajstić information content (AvgIpc) is 3.38. The average molecular weight is 715 g/mol. The number of aromatic nitrogens is 1. The van der Waals surface area contributed by atoms with Crippen molar-refractivity contribution in [1.29, 1.82) is 0 Å². The molecule has 5 atom stereocenters. The first-order chi connectivity index (χ1) is 24.1. The summed E-state index contributed by atoms with van der Waals surface area (Å²) in [5, 5.41) is 18.0. The molecule has 3 fully saturated rings. The molecular formula is C36H43N4NaO10. The molecule has 268 valence electrons. The fraction of sp³-hybridized carbons (Fsp3) is 0.556. The minimum atomic E-state index is -1.51. The van der Waals surface area contributed by atoms with Crippen LogP contribution in [0.1, 0.15) is 81.1 Å². The van der Waals surface area contributed by atoms with Crippen LogP contribution in [0.4, 0.5) is 4.79 Å². The fourth-order valence-corrected chi connectivity index (χ4v) is 7.33. The molecule has 51 heavy (non-hydrogen) atoms. The molecule has 2 aliphatic carbocycles. The summed E-state index contributed by atoms with van der Waals surface area (Å²) in [4.78, 5) is 71.9. The van der Waals surface area contributed by atoms with Crippen LogP contribution in [0, 0.1) is 5.92 Å². The van der Waals surface area contributed by atoms with Crippen LogP contribution in [0.2, 0.25) is 0 Å². The van der Waals surface area contributed by atoms with Crippen LogP contribution in [-0.2, 0) is 23.9 Å². The van der Waals surface area contributed by atoms with E-state index in [2.05, 4.69) is 15.6 Å². The molecule has 2 N–H and O–H groups in total. The van der Waals surface area contributed by atoms with Crippen LogP contribution in [-0.4, -0.2) is 90.3 Å². The van der Waals surface area contributed by atoms with Gasteiger partial charge in [0.15, 0.2) is 0 Å². The maximum Gasteiger partial charge on any atom is 1.00 e. The zero-order valence-electron chi connectivity index (χ0n) is 29.3. The second-order valence-corrected chi connectivity index (χ2v) is 13.5. The van der Waals surface area contributed by atoms with Crippen LogP contribution in [0.3, 0.4) is 0 Å². The van der Waals surface area contributed by atoms with Crippen molar-refractivity contribution in [3.63, 3.8) is 0 Å². The Balaban J connectivity index is 0.00000504. The molecule has 6 rings (SSSR count). The number of carboxylic acid groups (broad SMARTS) is 1. The summed E-state index contributed by atoms with van der Waals surface area (Å²) in [6.07, 6.45) is 9.53. The van der Waals surface area contributed by atoms with Gasteiger partial charge < -0.3 is 44.4 Å². The molecule has 0 radical (unpaired) electrons. The molecule has 2 aromatic rings. The monoisotopic (exact) mass is 714 g/mol. The van der Waals surface area contributed by atoms with Crippen molar-refractivity contribution in [3.05, 3.63) is 42.1 Å². The zero-order chi connectivity index (χ0) is 35.4. The van der Waals surface area contributed by atoms with E-state index in [0.29, 0.717) is 35.9 Å². The number of hydrogen-bond donors (Lipinski definition) is 2. The number of alkyl carbamates (subject to hydrolysis) is 1. The van der Waals surface area contributed by atoms with Gasteiger partial charge in [0.1, 0.15) is 41.3 Å². The number of ether oxygens (including phenoxy) is 4. The number of pyridine rings is 1. The molecule has 0 bridgehead atoms. The minimum absolute atomic E-state index is 0. The summed E-state index contributed by atoms with van der Waals surface area (Å²) in [5.74, 6) is -2.75. The van der Waals surface area contributed by atoms with Gasteiger partial charge in [-0.2, -0.15) is 0 Å². The fourth-order valence-electron chi connectivity index (χ4n) is 7.33. The van der Waals surface area contributed by atoms with Gasteiger partial charge in [0.05, 0.1) is 37.9 Å². The van der Waals surface area contributed by atoms with Crippen molar-refractivity contribution in [1.82, 2.24) is 20.5 Å². The third kappa shape index (κ3) is 8.61. The molecule has 2 saturated carbocycles. The molecule has 3 amide bonds. The van der Waals surface area contributed by atoms with Gasteiger partial charge >= 0.3 is 41.6 Å². The summed E-state index contributed by atoms with van der Waals surface area (Å²) in [7, 11) is 2.74. The van der Waals surface area contributed by atoms with Crippen LogP contribution < -0.4 is 54.8 Å². The number of aromatic carboxylic acids is 1. The number of carbonyl (C=O) groups is 5. The van der Waals surface area contributed by atoms with Crippen molar-refractivity contribution in [2.75, 3.05) is 20.8 Å². The first kappa shape index (κ1) is 38.4. The minimum Gasteiger partial charge on any atom is -0.543 e. The van der Waals surface area contributed by atoms with E-state index in [1.165, 1.54) is 25.2 Å². The van der Waals surface area contributed by atoms with Gasteiger partial charge in [-0.15, -0.1) is 0 Å². The summed E-state index contributed by atoms with van der Waals surface area (Å²) in [6, 6.07) is 4.13. The largest absolute Gasteiger partial charge is 1.00 e. The van der Waals surface area contributed by atoms with E-state index in [1.54, 1.807) is 18.2 Å². The Morgan fingerprint density at radius 3 is 2.51 bits per heavy atom. The third-order valence-electron chi connectivity index (χ3n) is 10.1. The quantitative estimate of drug-likeness (QED) is 0.215. The molecule has 4 aliphatic rings. The number of fused-ring (bicyclic) bond motifs is 3. The van der Waals surface area contributed by atoms with E-state index in [9.17, 15) is 29.1 Å². The summed E-state index contributed by atoms with van der Waals surface area (Å²) < 4.78 is 22.4. The normalized spacial score (nSPS) is 27.4. The number of carboxylic acids is 1. The van der Waals surface area contributed by atoms with Gasteiger partial charge in [-0.25, -0.2) is 14.6 Å². The molecule has 0 unspecified atom stereocenters.